The van der Waals surface area contributed by atoms with E-state index in [1.807, 2.05) is 11.0 Å². The Balaban J connectivity index is 1.73. The fourth-order valence-corrected chi connectivity index (χ4v) is 2.41. The first kappa shape index (κ1) is 14.0. The quantitative estimate of drug-likeness (QED) is 0.869. The van der Waals surface area contributed by atoms with E-state index >= 15 is 0 Å². The Labute approximate surface area is 115 Å². The second-order valence-electron chi connectivity index (χ2n) is 5.19. The van der Waals surface area contributed by atoms with Gasteiger partial charge in [-0.3, -0.25) is 9.69 Å². The predicted molar refractivity (Wildman–Crippen MR) is 76.8 cm³/mol. The summed E-state index contributed by atoms with van der Waals surface area (Å²) in [6, 6.07) is 10.1. The van der Waals surface area contributed by atoms with Crippen molar-refractivity contribution in [2.24, 2.45) is 5.73 Å². The van der Waals surface area contributed by atoms with Crippen LogP contribution in [0, 0.1) is 0 Å². The van der Waals surface area contributed by atoms with E-state index < -0.39 is 0 Å². The van der Waals surface area contributed by atoms with Gasteiger partial charge in [-0.2, -0.15) is 0 Å². The van der Waals surface area contributed by atoms with E-state index in [0.717, 1.165) is 39.1 Å². The average molecular weight is 261 g/mol. The van der Waals surface area contributed by atoms with Crippen molar-refractivity contribution in [3.8, 4) is 0 Å². The molecular formula is C15H23N3O. The topological polar surface area (TPSA) is 49.6 Å². The number of amides is 1. The molecule has 1 saturated heterocycles. The van der Waals surface area contributed by atoms with Crippen LogP contribution in [0.25, 0.3) is 0 Å². The molecule has 1 aliphatic rings. The fourth-order valence-electron chi connectivity index (χ4n) is 2.41. The predicted octanol–water partition coefficient (Wildman–Crippen LogP) is 0.721. The number of nitrogens with two attached hydrogens (primary N) is 1. The minimum absolute atomic E-state index is 0.0720. The summed E-state index contributed by atoms with van der Waals surface area (Å²) in [5, 5.41) is 0. The molecule has 0 aromatic heterocycles. The molecule has 0 radical (unpaired) electrons. The summed E-state index contributed by atoms with van der Waals surface area (Å²) in [4.78, 5) is 16.1. The van der Waals surface area contributed by atoms with Crippen molar-refractivity contribution in [2.75, 3.05) is 32.7 Å². The SMILES string of the molecule is CC(N)C(=O)N1CCN(CCc2ccccc2)CC1. The van der Waals surface area contributed by atoms with Crippen LogP contribution in [0.3, 0.4) is 0 Å². The number of piperazine rings is 1. The molecule has 2 N–H and O–H groups in total. The van der Waals surface area contributed by atoms with Crippen molar-refractivity contribution in [3.05, 3.63) is 35.9 Å². The van der Waals surface area contributed by atoms with Crippen LogP contribution in [0.2, 0.25) is 0 Å². The first-order valence-electron chi connectivity index (χ1n) is 6.97. The summed E-state index contributed by atoms with van der Waals surface area (Å²) >= 11 is 0. The second-order valence-corrected chi connectivity index (χ2v) is 5.19. The Morgan fingerprint density at radius 1 is 1.21 bits per heavy atom. The third kappa shape index (κ3) is 4.04. The van der Waals surface area contributed by atoms with Crippen LogP contribution in [-0.2, 0) is 11.2 Å². The fraction of sp³-hybridized carbons (Fsp3) is 0.533. The van der Waals surface area contributed by atoms with Gasteiger partial charge in [0.2, 0.25) is 5.91 Å². The van der Waals surface area contributed by atoms with E-state index in [-0.39, 0.29) is 11.9 Å². The molecule has 1 unspecified atom stereocenters. The molecule has 1 aromatic carbocycles. The Morgan fingerprint density at radius 3 is 2.42 bits per heavy atom. The lowest BCUT2D eigenvalue weighted by molar-refractivity contribution is -0.133. The number of nitrogens with zero attached hydrogens (tertiary/aromatic N) is 2. The first-order chi connectivity index (χ1) is 9.16. The molecule has 1 aromatic rings. The molecular weight excluding hydrogens is 238 g/mol. The summed E-state index contributed by atoms with van der Waals surface area (Å²) < 4.78 is 0. The number of hydrogen-bond donors (Lipinski definition) is 1. The highest BCUT2D eigenvalue weighted by Crippen LogP contribution is 2.06. The normalized spacial score (nSPS) is 18.3. The molecule has 1 atom stereocenters. The van der Waals surface area contributed by atoms with Crippen molar-refractivity contribution in [2.45, 2.75) is 19.4 Å². The van der Waals surface area contributed by atoms with Crippen LogP contribution < -0.4 is 5.73 Å². The maximum Gasteiger partial charge on any atom is 0.239 e. The van der Waals surface area contributed by atoms with E-state index in [4.69, 9.17) is 5.73 Å². The molecule has 1 fully saturated rings. The summed E-state index contributed by atoms with van der Waals surface area (Å²) in [5.74, 6) is 0.0720. The standard InChI is InChI=1S/C15H23N3O/c1-13(16)15(19)18-11-9-17(10-12-18)8-7-14-5-3-2-4-6-14/h2-6,13H,7-12,16H2,1H3. The lowest BCUT2D eigenvalue weighted by Gasteiger charge is -2.35. The number of benzene rings is 1. The number of carbonyl (C=O) groups excluding carboxylic acids is 1. The van der Waals surface area contributed by atoms with Gasteiger partial charge < -0.3 is 10.6 Å². The maximum absolute atomic E-state index is 11.8. The van der Waals surface area contributed by atoms with Crippen LogP contribution in [0.15, 0.2) is 30.3 Å². The van der Waals surface area contributed by atoms with Crippen molar-refractivity contribution < 1.29 is 4.79 Å². The molecule has 104 valence electrons. The third-order valence-corrected chi connectivity index (χ3v) is 3.63. The highest BCUT2D eigenvalue weighted by atomic mass is 16.2. The number of carbonyl (C=O) groups is 1. The van der Waals surface area contributed by atoms with Gasteiger partial charge >= 0.3 is 0 Å². The molecule has 1 amide bonds. The van der Waals surface area contributed by atoms with Crippen LogP contribution in [-0.4, -0.2) is 54.5 Å². The van der Waals surface area contributed by atoms with Gasteiger partial charge in [-0.1, -0.05) is 30.3 Å². The zero-order valence-electron chi connectivity index (χ0n) is 11.6. The highest BCUT2D eigenvalue weighted by Gasteiger charge is 2.22. The molecule has 0 bridgehead atoms. The van der Waals surface area contributed by atoms with Crippen LogP contribution in [0.5, 0.6) is 0 Å². The lowest BCUT2D eigenvalue weighted by atomic mass is 10.1. The maximum atomic E-state index is 11.8. The zero-order chi connectivity index (χ0) is 13.7. The van der Waals surface area contributed by atoms with Gasteiger partial charge in [-0.05, 0) is 18.9 Å². The molecule has 4 heteroatoms. The monoisotopic (exact) mass is 261 g/mol. The van der Waals surface area contributed by atoms with Crippen LogP contribution in [0.4, 0.5) is 0 Å². The van der Waals surface area contributed by atoms with Crippen molar-refractivity contribution >= 4 is 5.91 Å². The van der Waals surface area contributed by atoms with E-state index in [2.05, 4.69) is 29.2 Å². The molecule has 1 aliphatic heterocycles. The first-order valence-corrected chi connectivity index (χ1v) is 6.97. The number of rotatable bonds is 4. The Morgan fingerprint density at radius 2 is 1.84 bits per heavy atom. The van der Waals surface area contributed by atoms with Crippen molar-refractivity contribution in [1.82, 2.24) is 9.80 Å². The molecule has 2 rings (SSSR count). The van der Waals surface area contributed by atoms with Gasteiger partial charge in [-0.15, -0.1) is 0 Å². The smallest absolute Gasteiger partial charge is 0.239 e. The summed E-state index contributed by atoms with van der Waals surface area (Å²) in [6.07, 6.45) is 1.07. The minimum atomic E-state index is -0.379. The molecule has 0 saturated carbocycles. The van der Waals surface area contributed by atoms with Gasteiger partial charge in [0.15, 0.2) is 0 Å². The van der Waals surface area contributed by atoms with E-state index in [1.165, 1.54) is 5.56 Å². The molecule has 0 spiro atoms. The molecule has 19 heavy (non-hydrogen) atoms. The summed E-state index contributed by atoms with van der Waals surface area (Å²) in [6.45, 7) is 6.31. The van der Waals surface area contributed by atoms with E-state index in [1.54, 1.807) is 6.92 Å². The largest absolute Gasteiger partial charge is 0.339 e. The van der Waals surface area contributed by atoms with Crippen LogP contribution in [0.1, 0.15) is 12.5 Å². The average Bonchev–Trinajstić information content (AvgIpc) is 2.46. The van der Waals surface area contributed by atoms with Crippen molar-refractivity contribution in [3.63, 3.8) is 0 Å². The Hall–Kier alpha value is -1.39. The lowest BCUT2D eigenvalue weighted by Crippen LogP contribution is -2.52. The second kappa shape index (κ2) is 6.68. The Kier molecular flexibility index (Phi) is 4.93. The Bertz CT molecular complexity index is 397. The third-order valence-electron chi connectivity index (χ3n) is 3.63. The molecule has 1 heterocycles. The van der Waals surface area contributed by atoms with E-state index in [0.29, 0.717) is 0 Å². The van der Waals surface area contributed by atoms with Gasteiger partial charge in [0, 0.05) is 32.7 Å². The van der Waals surface area contributed by atoms with Gasteiger partial charge in [0.25, 0.3) is 0 Å². The van der Waals surface area contributed by atoms with Crippen molar-refractivity contribution in [1.29, 1.82) is 0 Å². The van der Waals surface area contributed by atoms with Gasteiger partial charge in [0.1, 0.15) is 0 Å². The molecule has 4 nitrogen and oxygen atoms in total. The van der Waals surface area contributed by atoms with Crippen LogP contribution >= 0.6 is 0 Å². The zero-order valence-corrected chi connectivity index (χ0v) is 11.6. The number of hydrogen-bond acceptors (Lipinski definition) is 3. The summed E-state index contributed by atoms with van der Waals surface area (Å²) in [5.41, 5.74) is 7.00. The molecule has 0 aliphatic carbocycles. The highest BCUT2D eigenvalue weighted by molar-refractivity contribution is 5.81. The minimum Gasteiger partial charge on any atom is -0.339 e. The van der Waals surface area contributed by atoms with E-state index in [9.17, 15) is 4.79 Å². The summed E-state index contributed by atoms with van der Waals surface area (Å²) in [7, 11) is 0. The van der Waals surface area contributed by atoms with Gasteiger partial charge in [0.05, 0.1) is 6.04 Å². The van der Waals surface area contributed by atoms with Gasteiger partial charge in [-0.25, -0.2) is 0 Å².